The molecule has 5 rings (SSSR count). The van der Waals surface area contributed by atoms with E-state index in [0.717, 1.165) is 22.4 Å². The first-order chi connectivity index (χ1) is 16.6. The number of benzene rings is 2. The molecule has 2 aromatic carbocycles. The van der Waals surface area contributed by atoms with E-state index in [4.69, 9.17) is 4.74 Å². The van der Waals surface area contributed by atoms with Crippen molar-refractivity contribution in [2.75, 3.05) is 18.7 Å². The first-order valence-electron chi connectivity index (χ1n) is 10.7. The fraction of sp³-hybridized carbons (Fsp3) is 0.304. The van der Waals surface area contributed by atoms with Crippen LogP contribution in [0.4, 0.5) is 23.2 Å². The lowest BCUT2D eigenvalue weighted by molar-refractivity contribution is -0.137. The van der Waals surface area contributed by atoms with E-state index in [9.17, 15) is 26.0 Å². The molecule has 0 spiro atoms. The molecule has 0 atom stereocenters. The van der Waals surface area contributed by atoms with E-state index in [0.29, 0.717) is 0 Å². The summed E-state index contributed by atoms with van der Waals surface area (Å²) in [5.41, 5.74) is -2.78. The molecular weight excluding hydrogens is 502 g/mol. The summed E-state index contributed by atoms with van der Waals surface area (Å²) in [6, 6.07) is 4.65. The number of alkyl halides is 3. The Bertz CT molecular complexity index is 1670. The number of rotatable bonds is 3. The van der Waals surface area contributed by atoms with Crippen molar-refractivity contribution < 1.29 is 30.7 Å². The van der Waals surface area contributed by atoms with Crippen molar-refractivity contribution in [3.8, 4) is 22.6 Å². The maximum Gasteiger partial charge on any atom is 0.419 e. The second kappa shape index (κ2) is 7.45. The number of nitrogens with zero attached hydrogens (tertiary/aromatic N) is 4. The quantitative estimate of drug-likeness (QED) is 0.387. The van der Waals surface area contributed by atoms with Crippen LogP contribution in [0.1, 0.15) is 31.1 Å². The van der Waals surface area contributed by atoms with Crippen molar-refractivity contribution >= 4 is 26.6 Å². The van der Waals surface area contributed by atoms with Crippen LogP contribution in [0.3, 0.4) is 0 Å². The number of halogens is 4. The molecular formula is C23H21F4N5O3S. The van der Waals surface area contributed by atoms with Crippen LogP contribution in [0.2, 0.25) is 0 Å². The van der Waals surface area contributed by atoms with E-state index in [-0.39, 0.29) is 45.2 Å². The molecule has 0 amide bonds. The highest BCUT2D eigenvalue weighted by atomic mass is 32.2. The highest BCUT2D eigenvalue weighted by Gasteiger charge is 2.45. The standard InChI is InChI=1S/C23H21F4N5O3S/c1-11-29-30-21-22(2,3)28-15-10-17(35-4)18(19(23(25,26)27)20(15)32(11)21)14-8-12(24)9-16-13(14)6-7-31(16)36(5,33)34/h6-10,28H,1-5H3. The van der Waals surface area contributed by atoms with Gasteiger partial charge in [-0.15, -0.1) is 10.2 Å². The second-order valence-electron chi connectivity index (χ2n) is 9.14. The van der Waals surface area contributed by atoms with Gasteiger partial charge in [-0.3, -0.25) is 4.57 Å². The van der Waals surface area contributed by atoms with E-state index in [1.54, 1.807) is 20.8 Å². The molecule has 1 N–H and O–H groups in total. The van der Waals surface area contributed by atoms with Gasteiger partial charge < -0.3 is 10.1 Å². The lowest BCUT2D eigenvalue weighted by Crippen LogP contribution is -2.37. The number of hydrogen-bond donors (Lipinski definition) is 1. The van der Waals surface area contributed by atoms with Gasteiger partial charge in [0, 0.05) is 23.2 Å². The van der Waals surface area contributed by atoms with Gasteiger partial charge in [-0.25, -0.2) is 16.8 Å². The Morgan fingerprint density at radius 2 is 1.83 bits per heavy atom. The summed E-state index contributed by atoms with van der Waals surface area (Å²) in [5.74, 6) is -0.580. The van der Waals surface area contributed by atoms with Gasteiger partial charge in [-0.05, 0) is 44.5 Å². The summed E-state index contributed by atoms with van der Waals surface area (Å²) in [4.78, 5) is 0. The first kappa shape index (κ1) is 24.1. The lowest BCUT2D eigenvalue weighted by atomic mass is 9.90. The number of ether oxygens (including phenoxy) is 1. The Hall–Kier alpha value is -3.61. The first-order valence-corrected chi connectivity index (χ1v) is 12.5. The van der Waals surface area contributed by atoms with Crippen LogP contribution in [-0.4, -0.2) is 40.5 Å². The SMILES string of the molecule is COc1cc2c(c(C(F)(F)F)c1-c1cc(F)cc3c1ccn3S(C)(=O)=O)-n1c(C)nnc1C(C)(C)N2. The van der Waals surface area contributed by atoms with Crippen LogP contribution in [0.25, 0.3) is 27.7 Å². The zero-order valence-electron chi connectivity index (χ0n) is 19.8. The van der Waals surface area contributed by atoms with Crippen LogP contribution in [0, 0.1) is 12.7 Å². The Morgan fingerprint density at radius 1 is 1.14 bits per heavy atom. The molecule has 36 heavy (non-hydrogen) atoms. The third-order valence-corrected chi connectivity index (χ3v) is 7.22. The van der Waals surface area contributed by atoms with Crippen LogP contribution in [0.15, 0.2) is 30.5 Å². The fourth-order valence-corrected chi connectivity index (χ4v) is 5.58. The Kier molecular flexibility index (Phi) is 4.99. The number of fused-ring (bicyclic) bond motifs is 4. The Morgan fingerprint density at radius 3 is 2.44 bits per heavy atom. The zero-order chi connectivity index (χ0) is 26.4. The molecule has 0 saturated carbocycles. The maximum absolute atomic E-state index is 14.9. The van der Waals surface area contributed by atoms with Gasteiger partial charge in [-0.1, -0.05) is 0 Å². The molecule has 0 bridgehead atoms. The average Bonchev–Trinajstić information content (AvgIpc) is 3.35. The summed E-state index contributed by atoms with van der Waals surface area (Å²) in [6.07, 6.45) is -2.84. The van der Waals surface area contributed by atoms with Crippen LogP contribution >= 0.6 is 0 Å². The fourth-order valence-electron chi connectivity index (χ4n) is 4.79. The van der Waals surface area contributed by atoms with Crippen molar-refractivity contribution in [3.05, 3.63) is 53.5 Å². The van der Waals surface area contributed by atoms with E-state index < -0.39 is 38.7 Å². The normalized spacial score (nSPS) is 14.9. The molecule has 190 valence electrons. The van der Waals surface area contributed by atoms with Gasteiger partial charge in [-0.2, -0.15) is 13.2 Å². The van der Waals surface area contributed by atoms with E-state index in [1.165, 1.54) is 30.0 Å². The molecule has 1 aliphatic rings. The number of nitrogens with one attached hydrogen (secondary N) is 1. The Balaban J connectivity index is 1.98. The van der Waals surface area contributed by atoms with Crippen molar-refractivity contribution in [2.45, 2.75) is 32.5 Å². The summed E-state index contributed by atoms with van der Waals surface area (Å²) in [5, 5.41) is 11.3. The van der Waals surface area contributed by atoms with Gasteiger partial charge in [0.1, 0.15) is 17.4 Å². The molecule has 3 heterocycles. The maximum atomic E-state index is 14.9. The Labute approximate surface area is 203 Å². The van der Waals surface area contributed by atoms with Gasteiger partial charge >= 0.3 is 6.18 Å². The van der Waals surface area contributed by atoms with Gasteiger partial charge in [0.15, 0.2) is 5.82 Å². The molecule has 0 unspecified atom stereocenters. The average molecular weight is 524 g/mol. The topological polar surface area (TPSA) is 91.0 Å². The predicted octanol–water partition coefficient (Wildman–Crippen LogP) is 4.83. The molecule has 0 fully saturated rings. The predicted molar refractivity (Wildman–Crippen MR) is 125 cm³/mol. The number of anilines is 1. The van der Waals surface area contributed by atoms with Crippen molar-refractivity contribution in [2.24, 2.45) is 0 Å². The second-order valence-corrected chi connectivity index (χ2v) is 11.0. The minimum atomic E-state index is -4.93. The van der Waals surface area contributed by atoms with Crippen molar-refractivity contribution in [1.82, 2.24) is 18.7 Å². The van der Waals surface area contributed by atoms with E-state index in [1.807, 2.05) is 0 Å². The lowest BCUT2D eigenvalue weighted by Gasteiger charge is -2.36. The van der Waals surface area contributed by atoms with Gasteiger partial charge in [0.25, 0.3) is 0 Å². The molecule has 1 aliphatic heterocycles. The molecule has 4 aromatic rings. The molecule has 13 heteroatoms. The monoisotopic (exact) mass is 523 g/mol. The van der Waals surface area contributed by atoms with Crippen LogP contribution in [0.5, 0.6) is 5.75 Å². The largest absolute Gasteiger partial charge is 0.496 e. The number of aryl methyl sites for hydroxylation is 1. The number of methoxy groups -OCH3 is 1. The minimum Gasteiger partial charge on any atom is -0.496 e. The third-order valence-electron chi connectivity index (χ3n) is 6.19. The highest BCUT2D eigenvalue weighted by Crippen LogP contribution is 2.52. The summed E-state index contributed by atoms with van der Waals surface area (Å²) in [6.45, 7) is 5.06. The van der Waals surface area contributed by atoms with E-state index >= 15 is 0 Å². The molecule has 2 aromatic heterocycles. The highest BCUT2D eigenvalue weighted by molar-refractivity contribution is 7.89. The van der Waals surface area contributed by atoms with Crippen LogP contribution < -0.4 is 10.1 Å². The summed E-state index contributed by atoms with van der Waals surface area (Å²) < 4.78 is 91.6. The molecule has 0 radical (unpaired) electrons. The minimum absolute atomic E-state index is 0.0965. The zero-order valence-corrected chi connectivity index (χ0v) is 20.6. The molecule has 0 aliphatic carbocycles. The van der Waals surface area contributed by atoms with E-state index in [2.05, 4.69) is 15.5 Å². The molecule has 0 saturated heterocycles. The summed E-state index contributed by atoms with van der Waals surface area (Å²) in [7, 11) is -2.64. The molecule has 8 nitrogen and oxygen atoms in total. The van der Waals surface area contributed by atoms with Crippen molar-refractivity contribution in [3.63, 3.8) is 0 Å². The van der Waals surface area contributed by atoms with Crippen molar-refractivity contribution in [1.29, 1.82) is 0 Å². The third kappa shape index (κ3) is 3.44. The van der Waals surface area contributed by atoms with Gasteiger partial charge in [0.05, 0.1) is 41.4 Å². The smallest absolute Gasteiger partial charge is 0.419 e. The number of hydrogen-bond acceptors (Lipinski definition) is 6. The van der Waals surface area contributed by atoms with Crippen LogP contribution in [-0.2, 0) is 21.7 Å². The number of aromatic nitrogens is 4. The summed E-state index contributed by atoms with van der Waals surface area (Å²) >= 11 is 0. The van der Waals surface area contributed by atoms with Gasteiger partial charge in [0.2, 0.25) is 10.0 Å².